The van der Waals surface area contributed by atoms with Crippen LogP contribution in [-0.4, -0.2) is 44.3 Å². The van der Waals surface area contributed by atoms with Gasteiger partial charge in [-0.3, -0.25) is 10.1 Å². The number of nitrogens with one attached hydrogen (secondary N) is 3. The first kappa shape index (κ1) is 16.9. The van der Waals surface area contributed by atoms with Crippen LogP contribution < -0.4 is 16.0 Å². The van der Waals surface area contributed by atoms with E-state index >= 15 is 0 Å². The number of carbonyl (C=O) groups excluding carboxylic acids is 2. The van der Waals surface area contributed by atoms with Gasteiger partial charge in [0.1, 0.15) is 0 Å². The molecule has 0 saturated carbocycles. The normalized spacial score (nSPS) is 14.1. The molecule has 0 aliphatic rings. The second-order valence-corrected chi connectivity index (χ2v) is 4.54. The van der Waals surface area contributed by atoms with E-state index in [1.165, 1.54) is 0 Å². The fourth-order valence-electron chi connectivity index (χ4n) is 1.43. The molecule has 0 aliphatic carbocycles. The quantitative estimate of drug-likeness (QED) is 0.621. The summed E-state index contributed by atoms with van der Waals surface area (Å²) >= 11 is 0. The number of urea groups is 1. The average molecular weight is 259 g/mol. The number of imide groups is 1. The van der Waals surface area contributed by atoms with Crippen LogP contribution in [0, 0.1) is 5.92 Å². The number of rotatable bonds is 7. The Balaban J connectivity index is 4.23. The summed E-state index contributed by atoms with van der Waals surface area (Å²) in [6.45, 7) is 8.62. The Labute approximate surface area is 109 Å². The number of carbonyl (C=O) groups is 2. The lowest BCUT2D eigenvalue weighted by atomic mass is 10.0. The fourth-order valence-corrected chi connectivity index (χ4v) is 1.43. The third-order valence-corrected chi connectivity index (χ3v) is 2.58. The molecule has 2 atom stereocenters. The van der Waals surface area contributed by atoms with Gasteiger partial charge in [0.15, 0.2) is 0 Å². The lowest BCUT2D eigenvalue weighted by Crippen LogP contribution is -2.52. The van der Waals surface area contributed by atoms with Gasteiger partial charge in [-0.2, -0.15) is 0 Å². The zero-order valence-electron chi connectivity index (χ0n) is 11.9. The molecule has 0 rings (SSSR count). The number of amides is 3. The number of ether oxygens (including phenoxy) is 1. The SMILES string of the molecule is CCNC(=O)NC(=O)C(C)NC(COC)C(C)C. The topological polar surface area (TPSA) is 79.5 Å². The summed E-state index contributed by atoms with van der Waals surface area (Å²) in [6.07, 6.45) is 0. The van der Waals surface area contributed by atoms with Gasteiger partial charge in [0, 0.05) is 19.7 Å². The highest BCUT2D eigenvalue weighted by Crippen LogP contribution is 2.03. The van der Waals surface area contributed by atoms with Gasteiger partial charge in [-0.15, -0.1) is 0 Å². The van der Waals surface area contributed by atoms with E-state index in [1.807, 2.05) is 13.8 Å². The molecule has 0 fully saturated rings. The zero-order chi connectivity index (χ0) is 14.1. The minimum absolute atomic E-state index is 0.0741. The van der Waals surface area contributed by atoms with Crippen LogP contribution in [-0.2, 0) is 9.53 Å². The van der Waals surface area contributed by atoms with Gasteiger partial charge in [0.25, 0.3) is 0 Å². The van der Waals surface area contributed by atoms with Crippen molar-refractivity contribution >= 4 is 11.9 Å². The molecule has 0 aliphatic heterocycles. The highest BCUT2D eigenvalue weighted by Gasteiger charge is 2.21. The van der Waals surface area contributed by atoms with Crippen molar-refractivity contribution in [3.8, 4) is 0 Å². The maximum Gasteiger partial charge on any atom is 0.321 e. The summed E-state index contributed by atoms with van der Waals surface area (Å²) in [5, 5.41) is 7.93. The van der Waals surface area contributed by atoms with E-state index in [0.717, 1.165) is 0 Å². The summed E-state index contributed by atoms with van der Waals surface area (Å²) in [5.41, 5.74) is 0. The number of hydrogen-bond acceptors (Lipinski definition) is 4. The summed E-state index contributed by atoms with van der Waals surface area (Å²) < 4.78 is 5.09. The van der Waals surface area contributed by atoms with Gasteiger partial charge < -0.3 is 15.4 Å². The Morgan fingerprint density at radius 3 is 2.28 bits per heavy atom. The molecule has 0 aromatic carbocycles. The van der Waals surface area contributed by atoms with Gasteiger partial charge in [0.2, 0.25) is 5.91 Å². The second kappa shape index (κ2) is 8.88. The van der Waals surface area contributed by atoms with Crippen LogP contribution in [0.2, 0.25) is 0 Å². The van der Waals surface area contributed by atoms with Crippen LogP contribution >= 0.6 is 0 Å². The first-order valence-corrected chi connectivity index (χ1v) is 6.26. The van der Waals surface area contributed by atoms with Crippen LogP contribution in [0.4, 0.5) is 4.79 Å². The summed E-state index contributed by atoms with van der Waals surface area (Å²) in [5.74, 6) is -0.00706. The molecule has 0 aromatic rings. The molecule has 6 heteroatoms. The van der Waals surface area contributed by atoms with Crippen molar-refractivity contribution in [2.24, 2.45) is 5.92 Å². The van der Waals surface area contributed by atoms with E-state index in [4.69, 9.17) is 4.74 Å². The predicted molar refractivity (Wildman–Crippen MR) is 70.3 cm³/mol. The van der Waals surface area contributed by atoms with Gasteiger partial charge in [-0.05, 0) is 19.8 Å². The van der Waals surface area contributed by atoms with E-state index in [9.17, 15) is 9.59 Å². The molecule has 0 aromatic heterocycles. The summed E-state index contributed by atoms with van der Waals surface area (Å²) in [7, 11) is 1.62. The van der Waals surface area contributed by atoms with Gasteiger partial charge in [-0.25, -0.2) is 4.79 Å². The molecule has 18 heavy (non-hydrogen) atoms. The summed E-state index contributed by atoms with van der Waals surface area (Å²) in [4.78, 5) is 22.9. The highest BCUT2D eigenvalue weighted by molar-refractivity contribution is 5.96. The smallest absolute Gasteiger partial charge is 0.321 e. The van der Waals surface area contributed by atoms with Crippen molar-refractivity contribution in [1.82, 2.24) is 16.0 Å². The number of hydrogen-bond donors (Lipinski definition) is 3. The van der Waals surface area contributed by atoms with Gasteiger partial charge >= 0.3 is 6.03 Å². The average Bonchev–Trinajstić information content (AvgIpc) is 2.28. The maximum atomic E-state index is 11.7. The lowest BCUT2D eigenvalue weighted by molar-refractivity contribution is -0.122. The van der Waals surface area contributed by atoms with E-state index in [0.29, 0.717) is 19.1 Å². The Bertz CT molecular complexity index is 269. The Kier molecular flexibility index (Phi) is 8.32. The minimum atomic E-state index is -0.469. The third kappa shape index (κ3) is 6.56. The molecule has 0 heterocycles. The molecular formula is C12H25N3O3. The van der Waals surface area contributed by atoms with Crippen LogP contribution in [0.1, 0.15) is 27.7 Å². The van der Waals surface area contributed by atoms with Gasteiger partial charge in [0.05, 0.1) is 12.6 Å². The molecule has 0 radical (unpaired) electrons. The van der Waals surface area contributed by atoms with Crippen molar-refractivity contribution in [3.63, 3.8) is 0 Å². The molecular weight excluding hydrogens is 234 g/mol. The zero-order valence-corrected chi connectivity index (χ0v) is 11.9. The molecule has 3 amide bonds. The molecule has 2 unspecified atom stereocenters. The maximum absolute atomic E-state index is 11.7. The first-order valence-electron chi connectivity index (χ1n) is 6.26. The minimum Gasteiger partial charge on any atom is -0.383 e. The molecule has 6 nitrogen and oxygen atoms in total. The first-order chi connectivity index (χ1) is 8.42. The monoisotopic (exact) mass is 259 g/mol. The Morgan fingerprint density at radius 1 is 1.22 bits per heavy atom. The molecule has 0 saturated heterocycles. The van der Waals surface area contributed by atoms with E-state index in [-0.39, 0.29) is 11.9 Å². The summed E-state index contributed by atoms with van der Waals surface area (Å²) in [6, 6.07) is -0.843. The molecule has 106 valence electrons. The van der Waals surface area contributed by atoms with Crippen molar-refractivity contribution in [2.45, 2.75) is 39.8 Å². The van der Waals surface area contributed by atoms with Crippen molar-refractivity contribution in [3.05, 3.63) is 0 Å². The second-order valence-electron chi connectivity index (χ2n) is 4.54. The Morgan fingerprint density at radius 2 is 1.83 bits per heavy atom. The largest absolute Gasteiger partial charge is 0.383 e. The van der Waals surface area contributed by atoms with Crippen LogP contribution in [0.3, 0.4) is 0 Å². The third-order valence-electron chi connectivity index (χ3n) is 2.58. The predicted octanol–water partition coefficient (Wildman–Crippen LogP) is 0.481. The number of methoxy groups -OCH3 is 1. The standard InChI is InChI=1S/C12H25N3O3/c1-6-13-12(17)15-11(16)9(4)14-10(7-18-5)8(2)3/h8-10,14H,6-7H2,1-5H3,(H2,13,15,16,17). The van der Waals surface area contributed by atoms with E-state index in [2.05, 4.69) is 16.0 Å². The fraction of sp³-hybridized carbons (Fsp3) is 0.833. The molecule has 0 spiro atoms. The van der Waals surface area contributed by atoms with E-state index < -0.39 is 12.1 Å². The van der Waals surface area contributed by atoms with Crippen LogP contribution in [0.5, 0.6) is 0 Å². The Hall–Kier alpha value is -1.14. The van der Waals surface area contributed by atoms with Crippen LogP contribution in [0.25, 0.3) is 0 Å². The van der Waals surface area contributed by atoms with Gasteiger partial charge in [-0.1, -0.05) is 13.8 Å². The molecule has 3 N–H and O–H groups in total. The van der Waals surface area contributed by atoms with Crippen molar-refractivity contribution in [2.75, 3.05) is 20.3 Å². The lowest BCUT2D eigenvalue weighted by Gasteiger charge is -2.25. The molecule has 0 bridgehead atoms. The van der Waals surface area contributed by atoms with Crippen molar-refractivity contribution < 1.29 is 14.3 Å². The van der Waals surface area contributed by atoms with E-state index in [1.54, 1.807) is 21.0 Å². The van der Waals surface area contributed by atoms with Crippen molar-refractivity contribution in [1.29, 1.82) is 0 Å². The van der Waals surface area contributed by atoms with Crippen LogP contribution in [0.15, 0.2) is 0 Å². The highest BCUT2D eigenvalue weighted by atomic mass is 16.5.